The van der Waals surface area contributed by atoms with Crippen molar-refractivity contribution in [2.45, 2.75) is 52.3 Å². The van der Waals surface area contributed by atoms with Gasteiger partial charge < -0.3 is 0 Å². The Kier molecular flexibility index (Phi) is 5.18. The first kappa shape index (κ1) is 14.7. The molecular formula is C15H24BrN. The van der Waals surface area contributed by atoms with Crippen molar-refractivity contribution in [1.82, 2.24) is 4.98 Å². The minimum atomic E-state index is 0.382. The number of nitrogens with zero attached hydrogens (tertiary/aromatic N) is 1. The van der Waals surface area contributed by atoms with Gasteiger partial charge in [-0.3, -0.25) is 4.98 Å². The average molecular weight is 298 g/mol. The van der Waals surface area contributed by atoms with Crippen molar-refractivity contribution in [3.05, 3.63) is 29.6 Å². The van der Waals surface area contributed by atoms with E-state index in [2.05, 4.69) is 67.7 Å². The molecule has 1 aromatic heterocycles. The van der Waals surface area contributed by atoms with Gasteiger partial charge in [0.05, 0.1) is 0 Å². The van der Waals surface area contributed by atoms with Gasteiger partial charge in [0.2, 0.25) is 0 Å². The lowest BCUT2D eigenvalue weighted by Crippen LogP contribution is -2.21. The molecule has 2 unspecified atom stereocenters. The fraction of sp³-hybridized carbons (Fsp3) is 0.667. The van der Waals surface area contributed by atoms with Crippen LogP contribution in [0.5, 0.6) is 0 Å². The molecule has 1 nitrogen and oxygen atoms in total. The van der Waals surface area contributed by atoms with Crippen molar-refractivity contribution in [3.8, 4) is 0 Å². The van der Waals surface area contributed by atoms with Crippen molar-refractivity contribution in [1.29, 1.82) is 0 Å². The Morgan fingerprint density at radius 1 is 1.29 bits per heavy atom. The molecule has 0 spiro atoms. The highest BCUT2D eigenvalue weighted by Crippen LogP contribution is 2.31. The molecule has 0 N–H and O–H groups in total. The minimum absolute atomic E-state index is 0.382. The Morgan fingerprint density at radius 3 is 2.41 bits per heavy atom. The summed E-state index contributed by atoms with van der Waals surface area (Å²) in [5.41, 5.74) is 2.79. The molecule has 0 radical (unpaired) electrons. The highest BCUT2D eigenvalue weighted by Gasteiger charge is 2.22. The predicted molar refractivity (Wildman–Crippen MR) is 78.6 cm³/mol. The molecule has 96 valence electrons. The second-order valence-corrected chi connectivity index (χ2v) is 7.43. The van der Waals surface area contributed by atoms with Crippen molar-refractivity contribution >= 4 is 15.9 Å². The van der Waals surface area contributed by atoms with Crippen molar-refractivity contribution < 1.29 is 0 Å². The van der Waals surface area contributed by atoms with Crippen LogP contribution >= 0.6 is 15.9 Å². The number of aromatic nitrogens is 1. The molecule has 1 aromatic rings. The van der Waals surface area contributed by atoms with Gasteiger partial charge in [-0.1, -0.05) is 49.7 Å². The van der Waals surface area contributed by atoms with E-state index in [0.717, 1.165) is 6.42 Å². The molecule has 0 fully saturated rings. The Morgan fingerprint density at radius 2 is 1.94 bits per heavy atom. The number of aryl methyl sites for hydroxylation is 1. The van der Waals surface area contributed by atoms with E-state index < -0.39 is 0 Å². The molecule has 1 rings (SSSR count). The van der Waals surface area contributed by atoms with E-state index in [-0.39, 0.29) is 0 Å². The van der Waals surface area contributed by atoms with Crippen LogP contribution in [0.3, 0.4) is 0 Å². The molecule has 0 amide bonds. The smallest absolute Gasteiger partial charge is 0.0414 e. The van der Waals surface area contributed by atoms with Gasteiger partial charge in [0.15, 0.2) is 0 Å². The molecule has 0 aromatic carbocycles. The largest absolute Gasteiger partial charge is 0.261 e. The van der Waals surface area contributed by atoms with Gasteiger partial charge in [-0.05, 0) is 36.3 Å². The third-order valence-corrected chi connectivity index (χ3v) is 4.19. The molecule has 0 saturated heterocycles. The van der Waals surface area contributed by atoms with Gasteiger partial charge in [0.1, 0.15) is 0 Å². The molecule has 17 heavy (non-hydrogen) atoms. The van der Waals surface area contributed by atoms with E-state index in [1.165, 1.54) is 17.7 Å². The predicted octanol–water partition coefficient (Wildman–Crippen LogP) is 4.77. The van der Waals surface area contributed by atoms with E-state index >= 15 is 0 Å². The molecule has 0 aliphatic rings. The third kappa shape index (κ3) is 5.20. The van der Waals surface area contributed by atoms with Crippen LogP contribution in [0, 0.1) is 18.3 Å². The normalized spacial score (nSPS) is 15.6. The lowest BCUT2D eigenvalue weighted by molar-refractivity contribution is 0.246. The first-order valence-corrected chi connectivity index (χ1v) is 7.26. The number of rotatable bonds is 4. The summed E-state index contributed by atoms with van der Waals surface area (Å²) < 4.78 is 0. The van der Waals surface area contributed by atoms with Crippen molar-refractivity contribution in [3.63, 3.8) is 0 Å². The van der Waals surface area contributed by atoms with Crippen LogP contribution in [0.25, 0.3) is 0 Å². The van der Waals surface area contributed by atoms with Crippen LogP contribution in [0.4, 0.5) is 0 Å². The second kappa shape index (κ2) is 5.99. The van der Waals surface area contributed by atoms with E-state index in [1.54, 1.807) is 0 Å². The Bertz CT molecular complexity index is 337. The van der Waals surface area contributed by atoms with Crippen LogP contribution in [-0.2, 0) is 6.42 Å². The highest BCUT2D eigenvalue weighted by atomic mass is 79.9. The summed E-state index contributed by atoms with van der Waals surface area (Å²) in [5.74, 6) is 0.706. The summed E-state index contributed by atoms with van der Waals surface area (Å²) in [6, 6.07) is 4.26. The number of pyridine rings is 1. The van der Waals surface area contributed by atoms with Gasteiger partial charge >= 0.3 is 0 Å². The molecule has 0 bridgehead atoms. The molecular weight excluding hydrogens is 274 g/mol. The maximum Gasteiger partial charge on any atom is 0.0414 e. The summed E-state index contributed by atoms with van der Waals surface area (Å²) in [7, 11) is 0. The average Bonchev–Trinajstić information content (AvgIpc) is 2.20. The highest BCUT2D eigenvalue weighted by molar-refractivity contribution is 9.09. The second-order valence-electron chi connectivity index (χ2n) is 6.13. The maximum atomic E-state index is 4.46. The maximum absolute atomic E-state index is 4.46. The number of hydrogen-bond donors (Lipinski definition) is 0. The van der Waals surface area contributed by atoms with Gasteiger partial charge in [-0.25, -0.2) is 0 Å². The minimum Gasteiger partial charge on any atom is -0.261 e. The Hall–Kier alpha value is -0.370. The SMILES string of the molecule is Cc1ccc(CC(Br)CC(C)C(C)(C)C)nc1. The van der Waals surface area contributed by atoms with E-state index in [0.29, 0.717) is 16.2 Å². The summed E-state index contributed by atoms with van der Waals surface area (Å²) in [5, 5.41) is 0. The number of halogens is 1. The first-order chi connectivity index (χ1) is 7.79. The van der Waals surface area contributed by atoms with Crippen LogP contribution in [0.1, 0.15) is 45.4 Å². The van der Waals surface area contributed by atoms with Gasteiger partial charge in [0.25, 0.3) is 0 Å². The number of alkyl halides is 1. The fourth-order valence-corrected chi connectivity index (χ4v) is 2.56. The van der Waals surface area contributed by atoms with E-state index in [9.17, 15) is 0 Å². The molecule has 2 atom stereocenters. The monoisotopic (exact) mass is 297 g/mol. The third-order valence-electron chi connectivity index (χ3n) is 3.49. The zero-order valence-corrected chi connectivity index (χ0v) is 13.2. The lowest BCUT2D eigenvalue weighted by Gasteiger charge is -2.29. The Balaban J connectivity index is 2.50. The van der Waals surface area contributed by atoms with Crippen LogP contribution in [0.15, 0.2) is 18.3 Å². The summed E-state index contributed by atoms with van der Waals surface area (Å²) in [4.78, 5) is 4.98. The quantitative estimate of drug-likeness (QED) is 0.730. The Labute approximate surface area is 114 Å². The molecule has 1 heterocycles. The first-order valence-electron chi connectivity index (χ1n) is 6.34. The summed E-state index contributed by atoms with van der Waals surface area (Å²) >= 11 is 3.79. The fourth-order valence-electron chi connectivity index (χ4n) is 1.67. The van der Waals surface area contributed by atoms with Crippen molar-refractivity contribution in [2.24, 2.45) is 11.3 Å². The lowest BCUT2D eigenvalue weighted by atomic mass is 9.79. The topological polar surface area (TPSA) is 12.9 Å². The standard InChI is InChI=1S/C15H24BrN/c1-11-6-7-14(17-10-11)9-13(16)8-12(2)15(3,4)5/h6-7,10,12-13H,8-9H2,1-5H3. The van der Waals surface area contributed by atoms with Gasteiger partial charge in [0, 0.05) is 23.1 Å². The van der Waals surface area contributed by atoms with E-state index in [1.807, 2.05) is 6.20 Å². The molecule has 0 aliphatic carbocycles. The van der Waals surface area contributed by atoms with Crippen LogP contribution in [-0.4, -0.2) is 9.81 Å². The molecule has 0 aliphatic heterocycles. The molecule has 0 saturated carbocycles. The van der Waals surface area contributed by atoms with Crippen LogP contribution < -0.4 is 0 Å². The summed E-state index contributed by atoms with van der Waals surface area (Å²) in [6.45, 7) is 11.3. The van der Waals surface area contributed by atoms with Crippen LogP contribution in [0.2, 0.25) is 0 Å². The molecule has 2 heteroatoms. The van der Waals surface area contributed by atoms with Crippen molar-refractivity contribution in [2.75, 3.05) is 0 Å². The van der Waals surface area contributed by atoms with E-state index in [4.69, 9.17) is 0 Å². The summed E-state index contributed by atoms with van der Waals surface area (Å²) in [6.07, 6.45) is 4.15. The number of hydrogen-bond acceptors (Lipinski definition) is 1. The zero-order valence-electron chi connectivity index (χ0n) is 11.6. The van der Waals surface area contributed by atoms with Gasteiger partial charge in [-0.2, -0.15) is 0 Å². The zero-order chi connectivity index (χ0) is 13.1. The van der Waals surface area contributed by atoms with Gasteiger partial charge in [-0.15, -0.1) is 0 Å².